The molecule has 0 aliphatic heterocycles. The van der Waals surface area contributed by atoms with Crippen molar-refractivity contribution in [3.8, 4) is 0 Å². The third-order valence-electron chi connectivity index (χ3n) is 5.24. The zero-order valence-electron chi connectivity index (χ0n) is 17.3. The number of carbonyl (C=O) groups is 2. The molecule has 3 aromatic rings. The van der Waals surface area contributed by atoms with E-state index in [0.717, 1.165) is 11.1 Å². The molecule has 29 heavy (non-hydrogen) atoms. The maximum atomic E-state index is 12.3. The summed E-state index contributed by atoms with van der Waals surface area (Å²) in [5.41, 5.74) is 2.80. The molecule has 4 heteroatoms. The molecule has 150 valence electrons. The van der Waals surface area contributed by atoms with Crippen LogP contribution in [0.3, 0.4) is 0 Å². The minimum Gasteiger partial charge on any atom is -0.352 e. The van der Waals surface area contributed by atoms with Gasteiger partial charge in [0.2, 0.25) is 5.91 Å². The molecule has 3 aromatic carbocycles. The molecular formula is C25H28N2O2. The Morgan fingerprint density at radius 2 is 1.55 bits per heavy atom. The van der Waals surface area contributed by atoms with Crippen molar-refractivity contribution < 1.29 is 9.59 Å². The second kappa shape index (κ2) is 9.37. The average Bonchev–Trinajstić information content (AvgIpc) is 2.75. The van der Waals surface area contributed by atoms with Gasteiger partial charge in [-0.15, -0.1) is 0 Å². The van der Waals surface area contributed by atoms with Gasteiger partial charge in [0.05, 0.1) is 0 Å². The second-order valence-corrected chi connectivity index (χ2v) is 7.66. The third-order valence-corrected chi connectivity index (χ3v) is 5.24. The van der Waals surface area contributed by atoms with Gasteiger partial charge in [0.25, 0.3) is 5.91 Å². The smallest absolute Gasteiger partial charge is 0.253 e. The first-order chi connectivity index (χ1) is 13.9. The molecule has 0 radical (unpaired) electrons. The fourth-order valence-electron chi connectivity index (χ4n) is 3.14. The normalized spacial score (nSPS) is 10.9. The number of fused-ring (bicyclic) bond motifs is 1. The highest BCUT2D eigenvalue weighted by atomic mass is 16.2. The van der Waals surface area contributed by atoms with Crippen molar-refractivity contribution in [2.75, 3.05) is 7.05 Å². The van der Waals surface area contributed by atoms with Crippen LogP contribution in [0.1, 0.15) is 41.8 Å². The van der Waals surface area contributed by atoms with Crippen molar-refractivity contribution in [1.29, 1.82) is 0 Å². The molecule has 3 rings (SSSR count). The summed E-state index contributed by atoms with van der Waals surface area (Å²) < 4.78 is 0. The molecule has 0 saturated heterocycles. The monoisotopic (exact) mass is 388 g/mol. The van der Waals surface area contributed by atoms with Crippen LogP contribution in [0, 0.1) is 0 Å². The fraction of sp³-hybridized carbons (Fsp3) is 0.280. The molecular weight excluding hydrogens is 360 g/mol. The van der Waals surface area contributed by atoms with Crippen molar-refractivity contribution in [2.45, 2.75) is 39.3 Å². The van der Waals surface area contributed by atoms with Crippen LogP contribution in [0.4, 0.5) is 0 Å². The Morgan fingerprint density at radius 1 is 0.897 bits per heavy atom. The molecule has 0 aromatic heterocycles. The molecule has 0 saturated carbocycles. The van der Waals surface area contributed by atoms with Gasteiger partial charge in [-0.1, -0.05) is 54.6 Å². The van der Waals surface area contributed by atoms with E-state index in [4.69, 9.17) is 0 Å². The van der Waals surface area contributed by atoms with Crippen LogP contribution >= 0.6 is 0 Å². The van der Waals surface area contributed by atoms with E-state index in [2.05, 4.69) is 35.6 Å². The molecule has 4 nitrogen and oxygen atoms in total. The van der Waals surface area contributed by atoms with Gasteiger partial charge in [0.1, 0.15) is 0 Å². The molecule has 2 amide bonds. The van der Waals surface area contributed by atoms with Crippen LogP contribution in [-0.2, 0) is 17.8 Å². The first-order valence-electron chi connectivity index (χ1n) is 10.0. The zero-order valence-corrected chi connectivity index (χ0v) is 17.3. The summed E-state index contributed by atoms with van der Waals surface area (Å²) >= 11 is 0. The number of hydrogen-bond donors (Lipinski definition) is 1. The van der Waals surface area contributed by atoms with E-state index >= 15 is 0 Å². The number of aryl methyl sites for hydroxylation is 1. The standard InChI is InChI=1S/C25H28N2O2/c1-18(2)27(3)25(29)22-13-9-20(10-14-22)17-26-24(28)15-11-19-8-12-21-6-4-5-7-23(21)16-19/h4-10,12-14,16,18H,11,15,17H2,1-3H3,(H,26,28). The van der Waals surface area contributed by atoms with E-state index in [1.807, 2.05) is 50.2 Å². The highest BCUT2D eigenvalue weighted by Gasteiger charge is 2.14. The molecule has 0 fully saturated rings. The summed E-state index contributed by atoms with van der Waals surface area (Å²) in [6.07, 6.45) is 1.17. The van der Waals surface area contributed by atoms with Gasteiger partial charge < -0.3 is 10.2 Å². The van der Waals surface area contributed by atoms with E-state index < -0.39 is 0 Å². The lowest BCUT2D eigenvalue weighted by atomic mass is 10.0. The van der Waals surface area contributed by atoms with Crippen LogP contribution in [0.5, 0.6) is 0 Å². The Bertz CT molecular complexity index is 993. The first kappa shape index (κ1) is 20.6. The van der Waals surface area contributed by atoms with Gasteiger partial charge in [-0.2, -0.15) is 0 Å². The lowest BCUT2D eigenvalue weighted by molar-refractivity contribution is -0.121. The number of carbonyl (C=O) groups excluding carboxylic acids is 2. The van der Waals surface area contributed by atoms with Crippen LogP contribution in [0.2, 0.25) is 0 Å². The molecule has 0 aliphatic carbocycles. The molecule has 1 N–H and O–H groups in total. The Kier molecular flexibility index (Phi) is 6.65. The third kappa shape index (κ3) is 5.44. The predicted molar refractivity (Wildman–Crippen MR) is 118 cm³/mol. The van der Waals surface area contributed by atoms with Crippen LogP contribution in [0.25, 0.3) is 10.8 Å². The minimum absolute atomic E-state index is 0.00553. The van der Waals surface area contributed by atoms with Gasteiger partial charge in [-0.3, -0.25) is 9.59 Å². The van der Waals surface area contributed by atoms with Gasteiger partial charge in [-0.05, 0) is 54.3 Å². The van der Waals surface area contributed by atoms with Crippen molar-refractivity contribution in [3.63, 3.8) is 0 Å². The molecule has 0 aliphatic rings. The van der Waals surface area contributed by atoms with Crippen molar-refractivity contribution in [3.05, 3.63) is 83.4 Å². The topological polar surface area (TPSA) is 49.4 Å². The largest absolute Gasteiger partial charge is 0.352 e. The molecule has 0 heterocycles. The maximum Gasteiger partial charge on any atom is 0.253 e. The number of amides is 2. The molecule has 0 atom stereocenters. The number of nitrogens with one attached hydrogen (secondary N) is 1. The maximum absolute atomic E-state index is 12.3. The second-order valence-electron chi connectivity index (χ2n) is 7.66. The number of benzene rings is 3. The summed E-state index contributed by atoms with van der Waals surface area (Å²) in [5, 5.41) is 5.37. The van der Waals surface area contributed by atoms with E-state index in [9.17, 15) is 9.59 Å². The molecule has 0 unspecified atom stereocenters. The van der Waals surface area contributed by atoms with Crippen LogP contribution < -0.4 is 5.32 Å². The van der Waals surface area contributed by atoms with E-state index in [-0.39, 0.29) is 17.9 Å². The fourth-order valence-corrected chi connectivity index (χ4v) is 3.14. The highest BCUT2D eigenvalue weighted by Crippen LogP contribution is 2.16. The number of hydrogen-bond acceptors (Lipinski definition) is 2. The zero-order chi connectivity index (χ0) is 20.8. The summed E-state index contributed by atoms with van der Waals surface area (Å²) in [5.74, 6) is 0.0313. The first-order valence-corrected chi connectivity index (χ1v) is 10.0. The van der Waals surface area contributed by atoms with Crippen molar-refractivity contribution in [1.82, 2.24) is 10.2 Å². The average molecular weight is 389 g/mol. The summed E-state index contributed by atoms with van der Waals surface area (Å²) in [7, 11) is 1.80. The summed E-state index contributed by atoms with van der Waals surface area (Å²) in [4.78, 5) is 26.3. The van der Waals surface area contributed by atoms with E-state index in [0.29, 0.717) is 24.9 Å². The Morgan fingerprint density at radius 3 is 2.24 bits per heavy atom. The quantitative estimate of drug-likeness (QED) is 0.645. The lowest BCUT2D eigenvalue weighted by Gasteiger charge is -2.21. The van der Waals surface area contributed by atoms with E-state index in [1.54, 1.807) is 11.9 Å². The molecule has 0 bridgehead atoms. The minimum atomic E-state index is 0.00553. The molecule has 0 spiro atoms. The van der Waals surface area contributed by atoms with E-state index in [1.165, 1.54) is 10.8 Å². The highest BCUT2D eigenvalue weighted by molar-refractivity contribution is 5.94. The van der Waals surface area contributed by atoms with Crippen LogP contribution in [-0.4, -0.2) is 29.8 Å². The lowest BCUT2D eigenvalue weighted by Crippen LogP contribution is -2.32. The van der Waals surface area contributed by atoms with Gasteiger partial charge in [0, 0.05) is 31.6 Å². The summed E-state index contributed by atoms with van der Waals surface area (Å²) in [6.45, 7) is 4.44. The van der Waals surface area contributed by atoms with Gasteiger partial charge in [-0.25, -0.2) is 0 Å². The number of rotatable bonds is 7. The Hall–Kier alpha value is -3.14. The Balaban J connectivity index is 1.49. The SMILES string of the molecule is CC(C)N(C)C(=O)c1ccc(CNC(=O)CCc2ccc3ccccc3c2)cc1. The van der Waals surface area contributed by atoms with Crippen LogP contribution in [0.15, 0.2) is 66.7 Å². The summed E-state index contributed by atoms with van der Waals surface area (Å²) in [6, 6.07) is 22.1. The van der Waals surface area contributed by atoms with Crippen molar-refractivity contribution >= 4 is 22.6 Å². The number of nitrogens with zero attached hydrogens (tertiary/aromatic N) is 1. The van der Waals surface area contributed by atoms with Gasteiger partial charge >= 0.3 is 0 Å². The van der Waals surface area contributed by atoms with Gasteiger partial charge in [0.15, 0.2) is 0 Å². The predicted octanol–water partition coefficient (Wildman–Crippen LogP) is 4.57. The Labute approximate surface area is 172 Å². The van der Waals surface area contributed by atoms with Crippen molar-refractivity contribution in [2.24, 2.45) is 0 Å².